The Morgan fingerprint density at radius 1 is 1.17 bits per heavy atom. The second-order valence-electron chi connectivity index (χ2n) is 6.82. The van der Waals surface area contributed by atoms with Crippen LogP contribution in [0.25, 0.3) is 11.5 Å². The first-order valence-electron chi connectivity index (χ1n) is 9.78. The fourth-order valence-electron chi connectivity index (χ4n) is 2.99. The molecule has 0 atom stereocenters. The molecule has 0 bridgehead atoms. The van der Waals surface area contributed by atoms with E-state index in [1.807, 2.05) is 47.4 Å². The maximum atomic E-state index is 12.4. The fraction of sp³-hybridized carbons (Fsp3) is 0.318. The minimum absolute atomic E-state index is 0.0647. The Morgan fingerprint density at radius 2 is 1.93 bits per heavy atom. The highest BCUT2D eigenvalue weighted by molar-refractivity contribution is 6.33. The lowest BCUT2D eigenvalue weighted by Gasteiger charge is -2.19. The molecule has 0 aliphatic carbocycles. The number of hydrogen-bond donors (Lipinski definition) is 1. The van der Waals surface area contributed by atoms with Crippen LogP contribution >= 0.6 is 11.6 Å². The topological polar surface area (TPSA) is 80.5 Å². The molecule has 0 saturated carbocycles. The molecular weight excluding hydrogens is 404 g/mol. The molecule has 30 heavy (non-hydrogen) atoms. The van der Waals surface area contributed by atoms with Crippen molar-refractivity contribution in [2.24, 2.45) is 0 Å². The zero-order valence-corrected chi connectivity index (χ0v) is 17.9. The molecule has 0 spiro atoms. The lowest BCUT2D eigenvalue weighted by Crippen LogP contribution is -2.37. The van der Waals surface area contributed by atoms with E-state index < -0.39 is 0 Å². The van der Waals surface area contributed by atoms with E-state index in [9.17, 15) is 4.79 Å². The van der Waals surface area contributed by atoms with Crippen LogP contribution in [0.1, 0.15) is 24.8 Å². The van der Waals surface area contributed by atoms with E-state index in [-0.39, 0.29) is 12.5 Å². The minimum atomic E-state index is -0.0647. The summed E-state index contributed by atoms with van der Waals surface area (Å²) in [6, 6.07) is 14.9. The molecule has 0 aliphatic rings. The van der Waals surface area contributed by atoms with Gasteiger partial charge in [-0.15, -0.1) is 10.2 Å². The summed E-state index contributed by atoms with van der Waals surface area (Å²) in [7, 11) is 1.62. The molecule has 8 heteroatoms. The Bertz CT molecular complexity index is 959. The van der Waals surface area contributed by atoms with Gasteiger partial charge in [-0.2, -0.15) is 0 Å². The summed E-state index contributed by atoms with van der Waals surface area (Å²) in [5.41, 5.74) is 1.70. The number of nitrogens with one attached hydrogen (secondary N) is 1. The van der Waals surface area contributed by atoms with Crippen LogP contribution in [0.15, 0.2) is 52.9 Å². The van der Waals surface area contributed by atoms with Gasteiger partial charge < -0.3 is 14.5 Å². The van der Waals surface area contributed by atoms with Gasteiger partial charge in [0.25, 0.3) is 0 Å². The minimum Gasteiger partial charge on any atom is -0.497 e. The monoisotopic (exact) mass is 428 g/mol. The number of carbonyl (C=O) groups is 1. The number of rotatable bonds is 10. The van der Waals surface area contributed by atoms with Gasteiger partial charge in [0.2, 0.25) is 17.7 Å². The van der Waals surface area contributed by atoms with Crippen molar-refractivity contribution in [3.05, 3.63) is 65.0 Å². The van der Waals surface area contributed by atoms with Crippen molar-refractivity contribution >= 4 is 17.5 Å². The summed E-state index contributed by atoms with van der Waals surface area (Å²) in [5, 5.41) is 11.7. The first-order chi connectivity index (χ1) is 14.6. The number of benzene rings is 2. The third kappa shape index (κ3) is 6.05. The number of halogens is 1. The van der Waals surface area contributed by atoms with E-state index in [1.54, 1.807) is 13.2 Å². The second-order valence-corrected chi connectivity index (χ2v) is 7.22. The maximum absolute atomic E-state index is 12.4. The lowest BCUT2D eigenvalue weighted by atomic mass is 10.2. The summed E-state index contributed by atoms with van der Waals surface area (Å²) in [5.74, 6) is 1.54. The fourth-order valence-corrected chi connectivity index (χ4v) is 3.20. The van der Waals surface area contributed by atoms with Crippen LogP contribution in [0.5, 0.6) is 5.75 Å². The summed E-state index contributed by atoms with van der Waals surface area (Å²) >= 11 is 6.20. The lowest BCUT2D eigenvalue weighted by molar-refractivity contribution is -0.122. The van der Waals surface area contributed by atoms with E-state index in [2.05, 4.69) is 22.4 Å². The number of nitrogens with zero attached hydrogens (tertiary/aromatic N) is 3. The molecule has 3 aromatic rings. The highest BCUT2D eigenvalue weighted by atomic mass is 35.5. The molecule has 2 aromatic carbocycles. The van der Waals surface area contributed by atoms with Crippen LogP contribution in [-0.2, 0) is 17.9 Å². The average molecular weight is 429 g/mol. The van der Waals surface area contributed by atoms with Crippen molar-refractivity contribution in [1.82, 2.24) is 20.4 Å². The predicted octanol–water partition coefficient (Wildman–Crippen LogP) is 3.93. The van der Waals surface area contributed by atoms with Crippen LogP contribution in [0.4, 0.5) is 0 Å². The molecule has 1 amide bonds. The van der Waals surface area contributed by atoms with Crippen LogP contribution in [0.2, 0.25) is 5.02 Å². The van der Waals surface area contributed by atoms with Gasteiger partial charge in [0, 0.05) is 6.54 Å². The molecule has 0 saturated heterocycles. The van der Waals surface area contributed by atoms with Gasteiger partial charge in [0.05, 0.1) is 30.8 Å². The predicted molar refractivity (Wildman–Crippen MR) is 115 cm³/mol. The largest absolute Gasteiger partial charge is 0.497 e. The SMILES string of the molecule is CCCN(CC(=O)NCc1ccc(OC)cc1)Cc1nnc(-c2ccccc2Cl)o1. The third-order valence-electron chi connectivity index (χ3n) is 4.49. The molecular formula is C22H25ClN4O3. The zero-order chi connectivity index (χ0) is 21.3. The molecule has 1 aromatic heterocycles. The van der Waals surface area contributed by atoms with Crippen LogP contribution in [-0.4, -0.2) is 41.2 Å². The summed E-state index contributed by atoms with van der Waals surface area (Å²) in [6.45, 7) is 3.89. The van der Waals surface area contributed by atoms with Gasteiger partial charge in [0.1, 0.15) is 5.75 Å². The van der Waals surface area contributed by atoms with Crippen molar-refractivity contribution in [3.63, 3.8) is 0 Å². The number of amides is 1. The third-order valence-corrected chi connectivity index (χ3v) is 4.82. The number of aromatic nitrogens is 2. The molecule has 7 nitrogen and oxygen atoms in total. The van der Waals surface area contributed by atoms with E-state index in [0.717, 1.165) is 24.3 Å². The van der Waals surface area contributed by atoms with Crippen LogP contribution in [0, 0.1) is 0 Å². The Hall–Kier alpha value is -2.90. The van der Waals surface area contributed by atoms with Gasteiger partial charge in [0.15, 0.2) is 0 Å². The molecule has 0 fully saturated rings. The number of methoxy groups -OCH3 is 1. The second kappa shape index (κ2) is 10.8. The smallest absolute Gasteiger partial charge is 0.249 e. The standard InChI is InChI=1S/C22H25ClN4O3/c1-3-12-27(14-20(28)24-13-16-8-10-17(29-2)11-9-16)15-21-25-26-22(30-21)18-6-4-5-7-19(18)23/h4-11H,3,12-15H2,1-2H3,(H,24,28). The zero-order valence-electron chi connectivity index (χ0n) is 17.1. The molecule has 1 N–H and O–H groups in total. The Morgan fingerprint density at radius 3 is 2.63 bits per heavy atom. The Balaban J connectivity index is 1.56. The van der Waals surface area contributed by atoms with Crippen LogP contribution in [0.3, 0.4) is 0 Å². The first kappa shape index (κ1) is 21.8. The van der Waals surface area contributed by atoms with Gasteiger partial charge in [-0.1, -0.05) is 42.8 Å². The molecule has 0 radical (unpaired) electrons. The molecule has 0 aliphatic heterocycles. The van der Waals surface area contributed by atoms with Crippen molar-refractivity contribution in [2.45, 2.75) is 26.4 Å². The Labute approximate surface area is 181 Å². The van der Waals surface area contributed by atoms with E-state index in [4.69, 9.17) is 20.8 Å². The average Bonchev–Trinajstić information content (AvgIpc) is 3.21. The van der Waals surface area contributed by atoms with Crippen molar-refractivity contribution < 1.29 is 13.9 Å². The van der Waals surface area contributed by atoms with Gasteiger partial charge in [-0.25, -0.2) is 0 Å². The highest BCUT2D eigenvalue weighted by Gasteiger charge is 2.16. The van der Waals surface area contributed by atoms with E-state index in [0.29, 0.717) is 35.5 Å². The van der Waals surface area contributed by atoms with Crippen LogP contribution < -0.4 is 10.1 Å². The van der Waals surface area contributed by atoms with Gasteiger partial charge in [-0.3, -0.25) is 9.69 Å². The summed E-state index contributed by atoms with van der Waals surface area (Å²) in [4.78, 5) is 14.4. The number of hydrogen-bond acceptors (Lipinski definition) is 6. The summed E-state index contributed by atoms with van der Waals surface area (Å²) in [6.07, 6.45) is 0.900. The summed E-state index contributed by atoms with van der Waals surface area (Å²) < 4.78 is 10.9. The van der Waals surface area contributed by atoms with Gasteiger partial charge in [-0.05, 0) is 42.8 Å². The van der Waals surface area contributed by atoms with Crippen molar-refractivity contribution in [1.29, 1.82) is 0 Å². The quantitative estimate of drug-likeness (QED) is 0.527. The molecule has 1 heterocycles. The Kier molecular flexibility index (Phi) is 7.82. The van der Waals surface area contributed by atoms with Crippen molar-refractivity contribution in [2.75, 3.05) is 20.2 Å². The highest BCUT2D eigenvalue weighted by Crippen LogP contribution is 2.26. The maximum Gasteiger partial charge on any atom is 0.249 e. The van der Waals surface area contributed by atoms with Crippen molar-refractivity contribution in [3.8, 4) is 17.2 Å². The van der Waals surface area contributed by atoms with Gasteiger partial charge >= 0.3 is 0 Å². The molecule has 3 rings (SSSR count). The molecule has 0 unspecified atom stereocenters. The number of ether oxygens (including phenoxy) is 1. The molecule has 158 valence electrons. The first-order valence-corrected chi connectivity index (χ1v) is 10.2. The van der Waals surface area contributed by atoms with E-state index >= 15 is 0 Å². The normalized spacial score (nSPS) is 10.9. The van der Waals surface area contributed by atoms with E-state index in [1.165, 1.54) is 0 Å². The number of carbonyl (C=O) groups excluding carboxylic acids is 1.